The molecule has 106 valence electrons. The zero-order chi connectivity index (χ0) is 14.0. The second-order valence-corrected chi connectivity index (χ2v) is 12.2. The van der Waals surface area contributed by atoms with Crippen molar-refractivity contribution in [2.45, 2.75) is 56.8 Å². The quantitative estimate of drug-likeness (QED) is 0.802. The van der Waals surface area contributed by atoms with E-state index >= 15 is 0 Å². The van der Waals surface area contributed by atoms with Crippen molar-refractivity contribution < 1.29 is 14.3 Å². The Labute approximate surface area is 115 Å². The average molecular weight is 282 g/mol. The molecule has 2 rings (SSSR count). The molecule has 5 nitrogen and oxygen atoms in total. The zero-order valence-electron chi connectivity index (χ0n) is 11.8. The summed E-state index contributed by atoms with van der Waals surface area (Å²) in [7, 11) is -1.16. The van der Waals surface area contributed by atoms with Gasteiger partial charge in [0.15, 0.2) is 0 Å². The Morgan fingerprint density at radius 1 is 1.42 bits per heavy atom. The van der Waals surface area contributed by atoms with Crippen LogP contribution in [0.25, 0.3) is 0 Å². The Kier molecular flexibility index (Phi) is 4.16. The number of hydrogen-bond acceptors (Lipinski definition) is 4. The number of carbonyl (C=O) groups excluding carboxylic acids is 1. The predicted octanol–water partition coefficient (Wildman–Crippen LogP) is 2.12. The second-order valence-electron chi connectivity index (χ2n) is 6.62. The standard InChI is InChI=1S/C13H22N2O3Si/c1-19(2,3)5-4-17-13(16)15-10-7-11-9(8-14)6-12(10)18-11/h9-12H,4-7H2,1-3H3,(H,15,16)/t9?,10-,11+,12+/m0/s1. The minimum atomic E-state index is -1.16. The van der Waals surface area contributed by atoms with Crippen LogP contribution in [0.2, 0.25) is 25.7 Å². The summed E-state index contributed by atoms with van der Waals surface area (Å²) in [5.74, 6) is -0.00837. The van der Waals surface area contributed by atoms with Crippen LogP contribution in [0.4, 0.5) is 4.79 Å². The van der Waals surface area contributed by atoms with Crippen molar-refractivity contribution in [3.8, 4) is 6.07 Å². The summed E-state index contributed by atoms with van der Waals surface area (Å²) in [6.45, 7) is 7.24. The largest absolute Gasteiger partial charge is 0.450 e. The number of nitriles is 1. The van der Waals surface area contributed by atoms with Crippen molar-refractivity contribution in [3.05, 3.63) is 0 Å². The molecule has 0 aromatic rings. The van der Waals surface area contributed by atoms with Gasteiger partial charge in [-0.1, -0.05) is 19.6 Å². The first-order chi connectivity index (χ1) is 8.89. The molecule has 19 heavy (non-hydrogen) atoms. The number of ether oxygens (including phenoxy) is 2. The van der Waals surface area contributed by atoms with Gasteiger partial charge in [-0.15, -0.1) is 0 Å². The van der Waals surface area contributed by atoms with E-state index in [1.807, 2.05) is 0 Å². The Hall–Kier alpha value is -1.06. The van der Waals surface area contributed by atoms with Crippen LogP contribution in [0.5, 0.6) is 0 Å². The molecule has 2 fully saturated rings. The van der Waals surface area contributed by atoms with Crippen molar-refractivity contribution in [1.29, 1.82) is 5.26 Å². The lowest BCUT2D eigenvalue weighted by Crippen LogP contribution is -2.43. The lowest BCUT2D eigenvalue weighted by molar-refractivity contribution is 0.0900. The van der Waals surface area contributed by atoms with Crippen LogP contribution in [0.1, 0.15) is 12.8 Å². The first-order valence-electron chi connectivity index (χ1n) is 6.87. The van der Waals surface area contributed by atoms with Gasteiger partial charge in [-0.05, 0) is 18.9 Å². The molecule has 1 N–H and O–H groups in total. The van der Waals surface area contributed by atoms with Gasteiger partial charge >= 0.3 is 6.09 Å². The molecule has 1 unspecified atom stereocenters. The highest BCUT2D eigenvalue weighted by molar-refractivity contribution is 6.76. The van der Waals surface area contributed by atoms with Crippen LogP contribution in [-0.4, -0.2) is 39.0 Å². The Morgan fingerprint density at radius 3 is 2.68 bits per heavy atom. The number of carbonyl (C=O) groups is 1. The summed E-state index contributed by atoms with van der Waals surface area (Å²) in [5, 5.41) is 11.8. The molecule has 6 heteroatoms. The number of amides is 1. The molecule has 2 saturated heterocycles. The third-order valence-electron chi connectivity index (χ3n) is 3.77. The molecule has 0 radical (unpaired) electrons. The van der Waals surface area contributed by atoms with Crippen molar-refractivity contribution in [1.82, 2.24) is 5.32 Å². The van der Waals surface area contributed by atoms with Crippen LogP contribution >= 0.6 is 0 Å². The van der Waals surface area contributed by atoms with Gasteiger partial charge < -0.3 is 14.8 Å². The molecule has 0 spiro atoms. The highest BCUT2D eigenvalue weighted by Crippen LogP contribution is 2.38. The van der Waals surface area contributed by atoms with Gasteiger partial charge in [0, 0.05) is 8.07 Å². The molecule has 1 amide bonds. The van der Waals surface area contributed by atoms with E-state index in [9.17, 15) is 4.79 Å². The van der Waals surface area contributed by atoms with E-state index < -0.39 is 8.07 Å². The van der Waals surface area contributed by atoms with Crippen molar-refractivity contribution in [3.63, 3.8) is 0 Å². The van der Waals surface area contributed by atoms with Gasteiger partial charge in [0.2, 0.25) is 0 Å². The maximum Gasteiger partial charge on any atom is 0.407 e. The molecule has 2 heterocycles. The third-order valence-corrected chi connectivity index (χ3v) is 5.48. The monoisotopic (exact) mass is 282 g/mol. The van der Waals surface area contributed by atoms with E-state index in [1.54, 1.807) is 0 Å². The summed E-state index contributed by atoms with van der Waals surface area (Å²) < 4.78 is 10.9. The molecule has 4 atom stereocenters. The Bertz CT molecular complexity index is 388. The molecule has 0 saturated carbocycles. The van der Waals surface area contributed by atoms with E-state index in [0.29, 0.717) is 6.61 Å². The maximum atomic E-state index is 11.7. The average Bonchev–Trinajstić information content (AvgIpc) is 2.85. The second kappa shape index (κ2) is 5.51. The lowest BCUT2D eigenvalue weighted by Gasteiger charge is -2.22. The zero-order valence-corrected chi connectivity index (χ0v) is 12.8. The third kappa shape index (κ3) is 3.70. The number of nitrogens with one attached hydrogen (secondary N) is 1. The van der Waals surface area contributed by atoms with Gasteiger partial charge in [0.1, 0.15) is 0 Å². The van der Waals surface area contributed by atoms with E-state index in [-0.39, 0.29) is 30.3 Å². The summed E-state index contributed by atoms with van der Waals surface area (Å²) >= 11 is 0. The van der Waals surface area contributed by atoms with E-state index in [0.717, 1.165) is 18.9 Å². The molecule has 2 aliphatic heterocycles. The van der Waals surface area contributed by atoms with Gasteiger partial charge in [-0.3, -0.25) is 0 Å². The summed E-state index contributed by atoms with van der Waals surface area (Å²) in [4.78, 5) is 11.7. The number of fused-ring (bicyclic) bond motifs is 2. The van der Waals surface area contributed by atoms with E-state index in [4.69, 9.17) is 14.7 Å². The Balaban J connectivity index is 1.69. The molecular weight excluding hydrogens is 260 g/mol. The first-order valence-corrected chi connectivity index (χ1v) is 10.6. The summed E-state index contributed by atoms with van der Waals surface area (Å²) in [6, 6.07) is 3.24. The number of rotatable bonds is 4. The normalized spacial score (nSPS) is 32.9. The van der Waals surface area contributed by atoms with Crippen LogP contribution in [0, 0.1) is 17.2 Å². The molecule has 0 aliphatic carbocycles. The minimum absolute atomic E-state index is 0.00832. The SMILES string of the molecule is C[Si](C)(C)CCOC(=O)N[C@H]1C[C@H]2O[C@@H]1CC2C#N. The van der Waals surface area contributed by atoms with Gasteiger partial charge in [-0.2, -0.15) is 5.26 Å². The smallest absolute Gasteiger partial charge is 0.407 e. The van der Waals surface area contributed by atoms with Crippen molar-refractivity contribution in [2.75, 3.05) is 6.61 Å². The van der Waals surface area contributed by atoms with Gasteiger partial charge in [0.25, 0.3) is 0 Å². The summed E-state index contributed by atoms with van der Waals surface area (Å²) in [5.41, 5.74) is 0. The van der Waals surface area contributed by atoms with Gasteiger partial charge in [0.05, 0.1) is 36.8 Å². The first kappa shape index (κ1) is 14.3. The number of nitrogens with zero attached hydrogens (tertiary/aromatic N) is 1. The molecule has 2 bridgehead atoms. The van der Waals surface area contributed by atoms with Crippen molar-refractivity contribution in [2.24, 2.45) is 5.92 Å². The molecular formula is C13H22N2O3Si. The van der Waals surface area contributed by atoms with Gasteiger partial charge in [-0.25, -0.2) is 4.79 Å². The maximum absolute atomic E-state index is 11.7. The Morgan fingerprint density at radius 2 is 2.16 bits per heavy atom. The molecule has 0 aromatic heterocycles. The molecule has 0 aromatic carbocycles. The van der Waals surface area contributed by atoms with E-state index in [2.05, 4.69) is 31.0 Å². The van der Waals surface area contributed by atoms with Crippen LogP contribution in [0.15, 0.2) is 0 Å². The topological polar surface area (TPSA) is 71.3 Å². The number of alkyl carbamates (subject to hydrolysis) is 1. The van der Waals surface area contributed by atoms with Crippen LogP contribution in [0.3, 0.4) is 0 Å². The fraction of sp³-hybridized carbons (Fsp3) is 0.846. The van der Waals surface area contributed by atoms with Crippen LogP contribution < -0.4 is 5.32 Å². The molecule has 2 aliphatic rings. The van der Waals surface area contributed by atoms with Crippen molar-refractivity contribution >= 4 is 14.2 Å². The highest BCUT2D eigenvalue weighted by atomic mass is 28.3. The fourth-order valence-corrected chi connectivity index (χ4v) is 3.30. The highest BCUT2D eigenvalue weighted by Gasteiger charge is 2.48. The predicted molar refractivity (Wildman–Crippen MR) is 73.4 cm³/mol. The van der Waals surface area contributed by atoms with E-state index in [1.165, 1.54) is 0 Å². The lowest BCUT2D eigenvalue weighted by atomic mass is 9.87. The fourth-order valence-electron chi connectivity index (χ4n) is 2.59. The summed E-state index contributed by atoms with van der Waals surface area (Å²) in [6.07, 6.45) is 1.07. The minimum Gasteiger partial charge on any atom is -0.450 e. The number of hydrogen-bond donors (Lipinski definition) is 1. The van der Waals surface area contributed by atoms with Crippen LogP contribution in [-0.2, 0) is 9.47 Å².